The molecule has 0 spiro atoms. The van der Waals surface area contributed by atoms with Crippen LogP contribution in [0.15, 0.2) is 24.3 Å². The minimum atomic E-state index is -0.297. The van der Waals surface area contributed by atoms with Gasteiger partial charge < -0.3 is 14.5 Å². The third-order valence-corrected chi connectivity index (χ3v) is 3.59. The predicted octanol–water partition coefficient (Wildman–Crippen LogP) is 3.25. The van der Waals surface area contributed by atoms with E-state index in [-0.39, 0.29) is 23.9 Å². The normalized spacial score (nSPS) is 14.2. The molecule has 0 radical (unpaired) electrons. The highest BCUT2D eigenvalue weighted by molar-refractivity contribution is 5.74. The molecule has 0 saturated heterocycles. The molecule has 0 aliphatic heterocycles. The van der Waals surface area contributed by atoms with E-state index in [1.54, 1.807) is 0 Å². The summed E-state index contributed by atoms with van der Waals surface area (Å²) in [5.41, 5.74) is 2.05. The number of hydrogen-bond acceptors (Lipinski definition) is 3. The lowest BCUT2D eigenvalue weighted by Crippen LogP contribution is -2.50. The molecule has 0 amide bonds. The minimum absolute atomic E-state index is 0.147. The quantitative estimate of drug-likeness (QED) is 0.717. The molecule has 0 heterocycles. The van der Waals surface area contributed by atoms with Crippen molar-refractivity contribution in [2.45, 2.75) is 46.7 Å². The van der Waals surface area contributed by atoms with Gasteiger partial charge in [0, 0.05) is 5.69 Å². The standard InChI is InChI=1S/C17H25NO2/c1-12(2)16(10-19)18(17(11-20)13(3)4)15-8-6-7-14(5)9-15/h6-13,16-17H,1-5H3. The van der Waals surface area contributed by atoms with Gasteiger partial charge in [-0.25, -0.2) is 0 Å². The van der Waals surface area contributed by atoms with Gasteiger partial charge in [0.05, 0.1) is 12.1 Å². The molecular formula is C17H25NO2. The predicted molar refractivity (Wildman–Crippen MR) is 83.0 cm³/mol. The SMILES string of the molecule is Cc1cccc(N(C(C=O)C(C)C)C(C=O)C(C)C)c1. The van der Waals surface area contributed by atoms with Crippen LogP contribution in [0, 0.1) is 18.8 Å². The van der Waals surface area contributed by atoms with Crippen molar-refractivity contribution in [1.82, 2.24) is 0 Å². The van der Waals surface area contributed by atoms with Crippen molar-refractivity contribution in [3.63, 3.8) is 0 Å². The number of carbonyl (C=O) groups excluding carboxylic acids is 2. The van der Waals surface area contributed by atoms with Crippen LogP contribution in [-0.4, -0.2) is 24.7 Å². The summed E-state index contributed by atoms with van der Waals surface area (Å²) in [6, 6.07) is 7.37. The van der Waals surface area contributed by atoms with Crippen LogP contribution < -0.4 is 4.90 Å². The Morgan fingerprint density at radius 2 is 1.45 bits per heavy atom. The fourth-order valence-electron chi connectivity index (χ4n) is 2.42. The summed E-state index contributed by atoms with van der Waals surface area (Å²) in [6.07, 6.45) is 1.90. The third-order valence-electron chi connectivity index (χ3n) is 3.59. The lowest BCUT2D eigenvalue weighted by molar-refractivity contribution is -0.111. The van der Waals surface area contributed by atoms with Gasteiger partial charge in [-0.05, 0) is 36.5 Å². The maximum Gasteiger partial charge on any atom is 0.142 e. The lowest BCUT2D eigenvalue weighted by Gasteiger charge is -2.39. The van der Waals surface area contributed by atoms with Crippen LogP contribution in [0.3, 0.4) is 0 Å². The van der Waals surface area contributed by atoms with E-state index >= 15 is 0 Å². The van der Waals surface area contributed by atoms with Crippen molar-refractivity contribution in [3.05, 3.63) is 29.8 Å². The van der Waals surface area contributed by atoms with E-state index in [4.69, 9.17) is 0 Å². The first-order chi connectivity index (χ1) is 9.42. The zero-order valence-corrected chi connectivity index (χ0v) is 13.0. The number of anilines is 1. The largest absolute Gasteiger partial charge is 0.352 e. The highest BCUT2D eigenvalue weighted by Crippen LogP contribution is 2.26. The maximum absolute atomic E-state index is 11.5. The highest BCUT2D eigenvalue weighted by atomic mass is 16.1. The molecule has 0 bridgehead atoms. The molecule has 110 valence electrons. The van der Waals surface area contributed by atoms with Crippen molar-refractivity contribution in [2.24, 2.45) is 11.8 Å². The van der Waals surface area contributed by atoms with Crippen LogP contribution in [-0.2, 0) is 9.59 Å². The second kappa shape index (κ2) is 7.22. The van der Waals surface area contributed by atoms with Crippen molar-refractivity contribution in [2.75, 3.05) is 4.90 Å². The van der Waals surface area contributed by atoms with Crippen LogP contribution in [0.2, 0.25) is 0 Å². The Morgan fingerprint density at radius 3 is 1.80 bits per heavy atom. The van der Waals surface area contributed by atoms with Gasteiger partial charge >= 0.3 is 0 Å². The Bertz CT molecular complexity index is 434. The monoisotopic (exact) mass is 275 g/mol. The van der Waals surface area contributed by atoms with E-state index in [0.29, 0.717) is 0 Å². The topological polar surface area (TPSA) is 37.4 Å². The molecule has 0 N–H and O–H groups in total. The number of benzene rings is 1. The van der Waals surface area contributed by atoms with E-state index in [1.807, 2.05) is 63.8 Å². The van der Waals surface area contributed by atoms with Crippen LogP contribution in [0.4, 0.5) is 5.69 Å². The summed E-state index contributed by atoms with van der Waals surface area (Å²) in [5.74, 6) is 0.295. The zero-order valence-electron chi connectivity index (χ0n) is 13.0. The van der Waals surface area contributed by atoms with Gasteiger partial charge in [-0.2, -0.15) is 0 Å². The molecule has 0 aliphatic carbocycles. The van der Waals surface area contributed by atoms with Crippen molar-refractivity contribution >= 4 is 18.3 Å². The number of hydrogen-bond donors (Lipinski definition) is 0. The molecule has 3 heteroatoms. The highest BCUT2D eigenvalue weighted by Gasteiger charge is 2.30. The first-order valence-corrected chi connectivity index (χ1v) is 7.18. The van der Waals surface area contributed by atoms with E-state index in [9.17, 15) is 9.59 Å². The van der Waals surface area contributed by atoms with Gasteiger partial charge in [0.15, 0.2) is 0 Å². The lowest BCUT2D eigenvalue weighted by atomic mass is 9.96. The van der Waals surface area contributed by atoms with Gasteiger partial charge in [0.25, 0.3) is 0 Å². The van der Waals surface area contributed by atoms with Gasteiger partial charge in [0.2, 0.25) is 0 Å². The van der Waals surface area contributed by atoms with Crippen LogP contribution in [0.25, 0.3) is 0 Å². The number of nitrogens with zero attached hydrogens (tertiary/aromatic N) is 1. The third kappa shape index (κ3) is 3.69. The second-order valence-corrected chi connectivity index (χ2v) is 5.99. The number of aldehydes is 2. The molecule has 1 aromatic rings. The summed E-state index contributed by atoms with van der Waals surface area (Å²) in [4.78, 5) is 25.0. The van der Waals surface area contributed by atoms with Gasteiger partial charge in [-0.3, -0.25) is 0 Å². The molecule has 1 aromatic carbocycles. The van der Waals surface area contributed by atoms with Gasteiger partial charge in [0.1, 0.15) is 12.6 Å². The molecule has 0 aromatic heterocycles. The van der Waals surface area contributed by atoms with Crippen LogP contribution in [0.5, 0.6) is 0 Å². The van der Waals surface area contributed by atoms with Crippen LogP contribution >= 0.6 is 0 Å². The fourth-order valence-corrected chi connectivity index (χ4v) is 2.42. The number of carbonyl (C=O) groups is 2. The Kier molecular flexibility index (Phi) is 5.93. The Labute approximate surface area is 122 Å². The fraction of sp³-hybridized carbons (Fsp3) is 0.529. The molecule has 1 rings (SSSR count). The molecular weight excluding hydrogens is 250 g/mol. The summed E-state index contributed by atoms with van der Waals surface area (Å²) in [5, 5.41) is 0. The summed E-state index contributed by atoms with van der Waals surface area (Å²) >= 11 is 0. The Balaban J connectivity index is 3.32. The zero-order chi connectivity index (χ0) is 15.3. The average Bonchev–Trinajstić information content (AvgIpc) is 2.37. The minimum Gasteiger partial charge on any atom is -0.352 e. The molecule has 0 aliphatic rings. The number of aryl methyl sites for hydroxylation is 1. The number of rotatable bonds is 7. The Hall–Kier alpha value is -1.64. The smallest absolute Gasteiger partial charge is 0.142 e. The molecule has 0 fully saturated rings. The Morgan fingerprint density at radius 1 is 0.950 bits per heavy atom. The summed E-state index contributed by atoms with van der Waals surface area (Å²) < 4.78 is 0. The van der Waals surface area contributed by atoms with E-state index in [0.717, 1.165) is 23.8 Å². The van der Waals surface area contributed by atoms with Gasteiger partial charge in [-0.1, -0.05) is 39.8 Å². The average molecular weight is 275 g/mol. The van der Waals surface area contributed by atoms with E-state index in [1.165, 1.54) is 0 Å². The molecule has 2 atom stereocenters. The van der Waals surface area contributed by atoms with Crippen LogP contribution in [0.1, 0.15) is 33.3 Å². The van der Waals surface area contributed by atoms with Gasteiger partial charge in [-0.15, -0.1) is 0 Å². The maximum atomic E-state index is 11.5. The molecule has 20 heavy (non-hydrogen) atoms. The van der Waals surface area contributed by atoms with Crippen molar-refractivity contribution in [1.29, 1.82) is 0 Å². The molecule has 3 nitrogen and oxygen atoms in total. The molecule has 0 saturated carbocycles. The van der Waals surface area contributed by atoms with Crippen molar-refractivity contribution < 1.29 is 9.59 Å². The van der Waals surface area contributed by atoms with E-state index in [2.05, 4.69) is 0 Å². The summed E-state index contributed by atoms with van der Waals surface area (Å²) in [7, 11) is 0. The van der Waals surface area contributed by atoms with Crippen molar-refractivity contribution in [3.8, 4) is 0 Å². The van der Waals surface area contributed by atoms with E-state index < -0.39 is 0 Å². The summed E-state index contributed by atoms with van der Waals surface area (Å²) in [6.45, 7) is 10.0. The first kappa shape index (κ1) is 16.4. The second-order valence-electron chi connectivity index (χ2n) is 5.99. The first-order valence-electron chi connectivity index (χ1n) is 7.18. The molecule has 2 unspecified atom stereocenters.